The van der Waals surface area contributed by atoms with Gasteiger partial charge in [0.15, 0.2) is 0 Å². The van der Waals surface area contributed by atoms with Crippen LogP contribution in [-0.2, 0) is 4.79 Å². The summed E-state index contributed by atoms with van der Waals surface area (Å²) in [6, 6.07) is 20.5. The number of aliphatic carboxylic acids is 1. The van der Waals surface area contributed by atoms with E-state index in [9.17, 15) is 4.79 Å². The van der Waals surface area contributed by atoms with Crippen LogP contribution >= 0.6 is 0 Å². The Kier molecular flexibility index (Phi) is 104. The number of benzene rings is 2. The third-order valence-electron chi connectivity index (χ3n) is 2.53. The van der Waals surface area contributed by atoms with E-state index in [-0.39, 0.29) is 18.5 Å². The summed E-state index contributed by atoms with van der Waals surface area (Å²) in [5.41, 5.74) is 16.5. The maximum atomic E-state index is 9.74. The smallest absolute Gasteiger partial charge is 0.303 e. The van der Waals surface area contributed by atoms with Gasteiger partial charge in [0.1, 0.15) is 6.23 Å². The SMILES string of the molecule is CC.CCC.CN.CN.CO.Cc1ccccc1.Cc1ccccc1.NC(O)CCC(=O)O.NO.OO.[HH].[HH].[HH].[HH]. The fourth-order valence-electron chi connectivity index (χ4n) is 1.34. The Morgan fingerprint density at radius 1 is 0.784 bits per heavy atom. The Bertz CT molecular complexity index is 518. The molecule has 0 saturated heterocycles. The van der Waals surface area contributed by atoms with Crippen LogP contribution in [0.2, 0.25) is 0 Å². The zero-order valence-corrected chi connectivity index (χ0v) is 24.4. The van der Waals surface area contributed by atoms with Crippen LogP contribution in [0.3, 0.4) is 0 Å². The number of carboxylic acids is 1. The molecule has 0 heterocycles. The molecule has 2 aromatic carbocycles. The van der Waals surface area contributed by atoms with Gasteiger partial charge in [-0.2, -0.15) is 0 Å². The summed E-state index contributed by atoms with van der Waals surface area (Å²) in [6.07, 6.45) is 0.304. The molecule has 2 rings (SSSR count). The van der Waals surface area contributed by atoms with Crippen molar-refractivity contribution in [3.63, 3.8) is 0 Å². The molecule has 0 aromatic heterocycles. The number of hydrogen-bond donors (Lipinski definition) is 10. The van der Waals surface area contributed by atoms with Crippen LogP contribution in [0.4, 0.5) is 0 Å². The highest BCUT2D eigenvalue weighted by Gasteiger charge is 1.99. The zero-order valence-electron chi connectivity index (χ0n) is 24.4. The standard InChI is InChI=1S/2C7H8.C4H9NO3.C3H8.C2H6.2CH5N.CH4O.H3NO.H2O2.4H2/c2*1-7-5-3-2-4-6-7;5-3(6)1-2-4(7)8;1-3-2;6*1-2;;;;/h2*2-6H,1H3;3,6H,1-2,5H2,(H,7,8);3H2,1-2H3;1-2H3;2*2H2,1H3;2H,1H3;2H,1H2;1-2H;4*1H. The lowest BCUT2D eigenvalue weighted by atomic mass is 10.2. The zero-order chi connectivity index (χ0) is 31.5. The Labute approximate surface area is 231 Å². The predicted molar refractivity (Wildman–Crippen MR) is 165 cm³/mol. The molecule has 11 nitrogen and oxygen atoms in total. The van der Waals surface area contributed by atoms with Crippen molar-refractivity contribution in [3.05, 3.63) is 71.8 Å². The Morgan fingerprint density at radius 2 is 1.00 bits per heavy atom. The third kappa shape index (κ3) is 97.1. The highest BCUT2D eigenvalue weighted by molar-refractivity contribution is 5.66. The molecule has 0 aliphatic carbocycles. The minimum absolute atomic E-state index is 0. The molecule has 0 fully saturated rings. The molecule has 11 heteroatoms. The van der Waals surface area contributed by atoms with Crippen LogP contribution in [0.5, 0.6) is 0 Å². The van der Waals surface area contributed by atoms with Gasteiger partial charge in [-0.1, -0.05) is 106 Å². The molecular weight excluding hydrogens is 480 g/mol. The van der Waals surface area contributed by atoms with E-state index in [1.807, 2.05) is 50.2 Å². The van der Waals surface area contributed by atoms with E-state index >= 15 is 0 Å². The number of carbonyl (C=O) groups is 1. The Balaban J connectivity index is -0.0000000241. The van der Waals surface area contributed by atoms with E-state index < -0.39 is 12.2 Å². The molecule has 0 saturated carbocycles. The summed E-state index contributed by atoms with van der Waals surface area (Å²) in [4.78, 5) is 9.74. The first kappa shape index (κ1) is 55.2. The first-order valence-corrected chi connectivity index (χ1v) is 11.6. The number of aliphatic hydroxyl groups excluding tert-OH is 2. The van der Waals surface area contributed by atoms with Gasteiger partial charge in [-0.3, -0.25) is 15.3 Å². The fourth-order valence-corrected chi connectivity index (χ4v) is 1.34. The summed E-state index contributed by atoms with van der Waals surface area (Å²) in [7, 11) is 4.00. The second kappa shape index (κ2) is 69.9. The van der Waals surface area contributed by atoms with Gasteiger partial charge in [0.25, 0.3) is 0 Å². The van der Waals surface area contributed by atoms with Gasteiger partial charge in [-0.25, -0.2) is 5.90 Å². The largest absolute Gasteiger partial charge is 0.481 e. The highest BCUT2D eigenvalue weighted by atomic mass is 17.0. The summed E-state index contributed by atoms with van der Waals surface area (Å²) >= 11 is 0. The Hall–Kier alpha value is -2.45. The second-order valence-electron chi connectivity index (χ2n) is 5.52. The van der Waals surface area contributed by atoms with Crippen molar-refractivity contribution in [1.82, 2.24) is 0 Å². The van der Waals surface area contributed by atoms with E-state index in [2.05, 4.69) is 69.3 Å². The van der Waals surface area contributed by atoms with Crippen LogP contribution < -0.4 is 23.1 Å². The lowest BCUT2D eigenvalue weighted by molar-refractivity contribution is -0.176. The molecule has 0 spiro atoms. The molecule has 1 atom stereocenters. The van der Waals surface area contributed by atoms with E-state index in [0.717, 1.165) is 7.11 Å². The van der Waals surface area contributed by atoms with Crippen molar-refractivity contribution < 1.29 is 41.5 Å². The molecule has 0 amide bonds. The van der Waals surface area contributed by atoms with Gasteiger partial charge in [0.05, 0.1) is 0 Å². The highest BCUT2D eigenvalue weighted by Crippen LogP contribution is 1.93. The molecule has 0 bridgehead atoms. The summed E-state index contributed by atoms with van der Waals surface area (Å²) in [5, 5.41) is 41.8. The van der Waals surface area contributed by atoms with Gasteiger partial charge in [-0.05, 0) is 34.4 Å². The molecule has 37 heavy (non-hydrogen) atoms. The van der Waals surface area contributed by atoms with Crippen LogP contribution in [0.15, 0.2) is 60.7 Å². The van der Waals surface area contributed by atoms with Crippen molar-refractivity contribution in [2.75, 3.05) is 21.2 Å². The molecule has 1 unspecified atom stereocenters. The van der Waals surface area contributed by atoms with E-state index in [1.54, 1.807) is 0 Å². The van der Waals surface area contributed by atoms with Crippen molar-refractivity contribution in [1.29, 1.82) is 0 Å². The van der Waals surface area contributed by atoms with Crippen LogP contribution in [0.25, 0.3) is 0 Å². The fraction of sp³-hybridized carbons (Fsp3) is 0.500. The molecule has 2 aromatic rings. The molecule has 232 valence electrons. The third-order valence-corrected chi connectivity index (χ3v) is 2.53. The summed E-state index contributed by atoms with van der Waals surface area (Å²) in [6.45, 7) is 12.4. The van der Waals surface area contributed by atoms with Crippen molar-refractivity contribution >= 4 is 5.97 Å². The van der Waals surface area contributed by atoms with Crippen LogP contribution in [-0.4, -0.2) is 64.4 Å². The lowest BCUT2D eigenvalue weighted by Crippen LogP contribution is -2.19. The minimum Gasteiger partial charge on any atom is -0.481 e. The summed E-state index contributed by atoms with van der Waals surface area (Å²) < 4.78 is 0. The number of carboxylic acid groups (broad SMARTS) is 1. The average molecular weight is 547 g/mol. The maximum Gasteiger partial charge on any atom is 0.303 e. The summed E-state index contributed by atoms with van der Waals surface area (Å²) in [5.74, 6) is 2.56. The van der Waals surface area contributed by atoms with Gasteiger partial charge in [-0.15, -0.1) is 0 Å². The molecular formula is C26H66N4O7. The van der Waals surface area contributed by atoms with E-state index in [4.69, 9.17) is 36.8 Å². The molecule has 0 radical (unpaired) electrons. The van der Waals surface area contributed by atoms with Gasteiger partial charge >= 0.3 is 5.97 Å². The number of rotatable bonds is 3. The van der Waals surface area contributed by atoms with Crippen molar-refractivity contribution in [2.45, 2.75) is 67.0 Å². The molecule has 14 N–H and O–H groups in total. The van der Waals surface area contributed by atoms with Crippen LogP contribution in [0.1, 0.15) is 63.8 Å². The van der Waals surface area contributed by atoms with E-state index in [1.165, 1.54) is 31.6 Å². The van der Waals surface area contributed by atoms with Gasteiger partial charge < -0.3 is 37.7 Å². The minimum atomic E-state index is -0.994. The first-order chi connectivity index (χ1) is 17.8. The first-order valence-electron chi connectivity index (χ1n) is 11.6. The molecule has 0 aliphatic heterocycles. The van der Waals surface area contributed by atoms with E-state index in [0.29, 0.717) is 0 Å². The number of nitrogens with two attached hydrogens (primary N) is 4. The quantitative estimate of drug-likeness (QED) is 0.144. The van der Waals surface area contributed by atoms with Crippen molar-refractivity contribution in [3.8, 4) is 0 Å². The van der Waals surface area contributed by atoms with Crippen molar-refractivity contribution in [2.24, 2.45) is 23.1 Å². The van der Waals surface area contributed by atoms with Gasteiger partial charge in [0, 0.05) is 19.2 Å². The average Bonchev–Trinajstić information content (AvgIpc) is 2.96. The number of aryl methyl sites for hydroxylation is 2. The molecule has 0 aliphatic rings. The second-order valence-corrected chi connectivity index (χ2v) is 5.52. The number of hydrogen-bond acceptors (Lipinski definition) is 10. The number of aliphatic hydroxyl groups is 2. The normalized spacial score (nSPS) is 7.62. The predicted octanol–water partition coefficient (Wildman–Crippen LogP) is 4.65. The van der Waals surface area contributed by atoms with Gasteiger partial charge in [0.2, 0.25) is 0 Å². The lowest BCUT2D eigenvalue weighted by Gasteiger charge is -1.97. The monoisotopic (exact) mass is 546 g/mol. The Morgan fingerprint density at radius 3 is 1.08 bits per heavy atom. The maximum absolute atomic E-state index is 9.74. The van der Waals surface area contributed by atoms with Crippen LogP contribution in [0, 0.1) is 13.8 Å². The topological polar surface area (TPSA) is 243 Å².